The summed E-state index contributed by atoms with van der Waals surface area (Å²) < 4.78 is 5.93. The van der Waals surface area contributed by atoms with Crippen molar-refractivity contribution in [3.05, 3.63) is 41.1 Å². The maximum atomic E-state index is 5.93. The molecule has 0 saturated carbocycles. The summed E-state index contributed by atoms with van der Waals surface area (Å²) >= 11 is 0. The lowest BCUT2D eigenvalue weighted by molar-refractivity contribution is 0.456. The molecule has 1 N–H and O–H groups in total. The minimum absolute atomic E-state index is 0.573. The molecule has 1 aromatic carbocycles. The fourth-order valence-electron chi connectivity index (χ4n) is 2.54. The summed E-state index contributed by atoms with van der Waals surface area (Å²) in [6.45, 7) is 1.95. The Bertz CT molecular complexity index is 625. The van der Waals surface area contributed by atoms with E-state index in [9.17, 15) is 0 Å². The zero-order chi connectivity index (χ0) is 13.9. The average molecular weight is 269 g/mol. The highest BCUT2D eigenvalue weighted by Gasteiger charge is 2.11. The molecule has 2 aromatic rings. The van der Waals surface area contributed by atoms with E-state index in [-0.39, 0.29) is 0 Å². The summed E-state index contributed by atoms with van der Waals surface area (Å²) in [5.74, 6) is 2.04. The van der Waals surface area contributed by atoms with Gasteiger partial charge in [0.15, 0.2) is 0 Å². The monoisotopic (exact) mass is 269 g/mol. The molecule has 0 saturated heterocycles. The van der Waals surface area contributed by atoms with Crippen molar-refractivity contribution in [2.24, 2.45) is 0 Å². The molecule has 0 fully saturated rings. The number of rotatable bonds is 3. The van der Waals surface area contributed by atoms with Crippen molar-refractivity contribution >= 4 is 5.95 Å². The molecule has 0 spiro atoms. The van der Waals surface area contributed by atoms with E-state index in [0.717, 1.165) is 17.7 Å². The zero-order valence-corrected chi connectivity index (χ0v) is 11.9. The summed E-state index contributed by atoms with van der Waals surface area (Å²) in [4.78, 5) is 8.52. The molecule has 1 heterocycles. The second-order valence-electron chi connectivity index (χ2n) is 5.17. The van der Waals surface area contributed by atoms with Crippen molar-refractivity contribution in [2.75, 3.05) is 12.4 Å². The van der Waals surface area contributed by atoms with Crippen LogP contribution in [0.25, 0.3) is 0 Å². The minimum atomic E-state index is 0.573. The number of nitrogens with zero attached hydrogens (tertiary/aromatic N) is 2. The van der Waals surface area contributed by atoms with Crippen molar-refractivity contribution in [3.63, 3.8) is 0 Å². The summed E-state index contributed by atoms with van der Waals surface area (Å²) in [5.41, 5.74) is 3.80. The number of hydrogen-bond donors (Lipinski definition) is 1. The van der Waals surface area contributed by atoms with Crippen molar-refractivity contribution < 1.29 is 4.74 Å². The number of ether oxygens (including phenoxy) is 1. The van der Waals surface area contributed by atoms with Crippen LogP contribution in [0.5, 0.6) is 11.6 Å². The number of aryl methyl sites for hydroxylation is 3. The van der Waals surface area contributed by atoms with E-state index in [1.165, 1.54) is 30.4 Å². The van der Waals surface area contributed by atoms with Crippen LogP contribution in [0.4, 0.5) is 5.95 Å². The van der Waals surface area contributed by atoms with Gasteiger partial charge in [0.2, 0.25) is 11.8 Å². The Kier molecular flexibility index (Phi) is 3.54. The first kappa shape index (κ1) is 12.9. The van der Waals surface area contributed by atoms with Gasteiger partial charge in [0, 0.05) is 18.8 Å². The second-order valence-corrected chi connectivity index (χ2v) is 5.17. The Hall–Kier alpha value is -2.10. The first-order valence-corrected chi connectivity index (χ1v) is 7.07. The lowest BCUT2D eigenvalue weighted by Gasteiger charge is -2.17. The van der Waals surface area contributed by atoms with Crippen molar-refractivity contribution in [2.45, 2.75) is 32.6 Å². The number of anilines is 1. The topological polar surface area (TPSA) is 47.0 Å². The molecular formula is C16H19N3O. The van der Waals surface area contributed by atoms with Gasteiger partial charge in [-0.2, -0.15) is 4.98 Å². The molecule has 0 bridgehead atoms. The third-order valence-corrected chi connectivity index (χ3v) is 3.68. The zero-order valence-electron chi connectivity index (χ0n) is 11.9. The normalized spacial score (nSPS) is 13.7. The predicted molar refractivity (Wildman–Crippen MR) is 79.5 cm³/mol. The molecule has 20 heavy (non-hydrogen) atoms. The number of fused-ring (bicyclic) bond motifs is 1. The molecule has 4 nitrogen and oxygen atoms in total. The molecule has 4 heteroatoms. The first-order valence-electron chi connectivity index (χ1n) is 7.07. The van der Waals surface area contributed by atoms with Crippen LogP contribution in [-0.2, 0) is 12.8 Å². The van der Waals surface area contributed by atoms with Gasteiger partial charge in [-0.1, -0.05) is 6.07 Å². The van der Waals surface area contributed by atoms with Gasteiger partial charge in [-0.25, -0.2) is 4.98 Å². The highest BCUT2D eigenvalue weighted by atomic mass is 16.5. The van der Waals surface area contributed by atoms with Gasteiger partial charge < -0.3 is 10.1 Å². The smallest absolute Gasteiger partial charge is 0.226 e. The van der Waals surface area contributed by atoms with E-state index < -0.39 is 0 Å². The summed E-state index contributed by atoms with van der Waals surface area (Å²) in [6, 6.07) is 6.36. The second kappa shape index (κ2) is 5.49. The van der Waals surface area contributed by atoms with Crippen LogP contribution in [0.1, 0.15) is 29.5 Å². The first-order chi connectivity index (χ1) is 9.76. The maximum Gasteiger partial charge on any atom is 0.226 e. The summed E-state index contributed by atoms with van der Waals surface area (Å²) in [7, 11) is 1.80. The lowest BCUT2D eigenvalue weighted by atomic mass is 9.92. The molecule has 104 valence electrons. The minimum Gasteiger partial charge on any atom is -0.439 e. The Morgan fingerprint density at radius 2 is 1.95 bits per heavy atom. The highest BCUT2D eigenvalue weighted by molar-refractivity contribution is 5.40. The van der Waals surface area contributed by atoms with Gasteiger partial charge in [0.05, 0.1) is 0 Å². The predicted octanol–water partition coefficient (Wildman–Crippen LogP) is 3.50. The largest absolute Gasteiger partial charge is 0.439 e. The number of aromatic nitrogens is 2. The van der Waals surface area contributed by atoms with Gasteiger partial charge in [-0.3, -0.25) is 0 Å². The average Bonchev–Trinajstić information content (AvgIpc) is 2.49. The number of hydrogen-bond acceptors (Lipinski definition) is 4. The van der Waals surface area contributed by atoms with Crippen LogP contribution >= 0.6 is 0 Å². The summed E-state index contributed by atoms with van der Waals surface area (Å²) in [6.07, 6.45) is 6.67. The molecular weight excluding hydrogens is 250 g/mol. The molecule has 3 rings (SSSR count). The van der Waals surface area contributed by atoms with Gasteiger partial charge in [0.1, 0.15) is 5.75 Å². The SMILES string of the molecule is CNc1ncc(C)c(Oc2ccc3c(c2)CCCC3)n1. The Labute approximate surface area is 119 Å². The van der Waals surface area contributed by atoms with Crippen molar-refractivity contribution in [1.82, 2.24) is 9.97 Å². The van der Waals surface area contributed by atoms with E-state index in [2.05, 4.69) is 27.4 Å². The van der Waals surface area contributed by atoms with Gasteiger partial charge in [-0.05, 0) is 55.9 Å². The van der Waals surface area contributed by atoms with Crippen LogP contribution in [0, 0.1) is 6.92 Å². The van der Waals surface area contributed by atoms with E-state index in [1.807, 2.05) is 13.0 Å². The van der Waals surface area contributed by atoms with E-state index in [0.29, 0.717) is 11.8 Å². The van der Waals surface area contributed by atoms with Crippen molar-refractivity contribution in [3.8, 4) is 11.6 Å². The molecule has 0 amide bonds. The third kappa shape index (κ3) is 2.59. The molecule has 1 aromatic heterocycles. The van der Waals surface area contributed by atoms with Gasteiger partial charge in [0.25, 0.3) is 0 Å². The van der Waals surface area contributed by atoms with Crippen LogP contribution in [0.15, 0.2) is 24.4 Å². The van der Waals surface area contributed by atoms with Gasteiger partial charge >= 0.3 is 0 Å². The fraction of sp³-hybridized carbons (Fsp3) is 0.375. The number of benzene rings is 1. The highest BCUT2D eigenvalue weighted by Crippen LogP contribution is 2.29. The maximum absolute atomic E-state index is 5.93. The van der Waals surface area contributed by atoms with Crippen LogP contribution in [0.2, 0.25) is 0 Å². The van der Waals surface area contributed by atoms with Crippen LogP contribution < -0.4 is 10.1 Å². The van der Waals surface area contributed by atoms with E-state index >= 15 is 0 Å². The molecule has 1 aliphatic carbocycles. The van der Waals surface area contributed by atoms with Crippen LogP contribution in [0.3, 0.4) is 0 Å². The third-order valence-electron chi connectivity index (χ3n) is 3.68. The lowest BCUT2D eigenvalue weighted by Crippen LogP contribution is -2.03. The Morgan fingerprint density at radius 1 is 1.15 bits per heavy atom. The molecule has 0 atom stereocenters. The molecule has 0 radical (unpaired) electrons. The van der Waals surface area contributed by atoms with E-state index in [4.69, 9.17) is 4.74 Å². The number of nitrogens with one attached hydrogen (secondary N) is 1. The Morgan fingerprint density at radius 3 is 2.75 bits per heavy atom. The van der Waals surface area contributed by atoms with Gasteiger partial charge in [-0.15, -0.1) is 0 Å². The quantitative estimate of drug-likeness (QED) is 0.926. The summed E-state index contributed by atoms with van der Waals surface area (Å²) in [5, 5.41) is 2.93. The van der Waals surface area contributed by atoms with Crippen LogP contribution in [-0.4, -0.2) is 17.0 Å². The van der Waals surface area contributed by atoms with E-state index in [1.54, 1.807) is 13.2 Å². The standard InChI is InChI=1S/C16H19N3O/c1-11-10-18-16(17-2)19-15(11)20-14-8-7-12-5-3-4-6-13(12)9-14/h7-10H,3-6H2,1-2H3,(H,17,18,19). The molecule has 0 unspecified atom stereocenters. The molecule has 1 aliphatic rings. The molecule has 0 aliphatic heterocycles. The fourth-order valence-corrected chi connectivity index (χ4v) is 2.54. The van der Waals surface area contributed by atoms with Crippen molar-refractivity contribution in [1.29, 1.82) is 0 Å². The Balaban J connectivity index is 1.87.